The van der Waals surface area contributed by atoms with Crippen molar-refractivity contribution >= 4 is 16.7 Å². The van der Waals surface area contributed by atoms with Crippen molar-refractivity contribution in [2.75, 3.05) is 7.11 Å². The van der Waals surface area contributed by atoms with Gasteiger partial charge in [0.15, 0.2) is 11.6 Å². The molecule has 0 fully saturated rings. The van der Waals surface area contributed by atoms with Crippen molar-refractivity contribution in [3.05, 3.63) is 34.8 Å². The topological polar surface area (TPSA) is 106 Å². The van der Waals surface area contributed by atoms with Crippen LogP contribution in [0.1, 0.15) is 17.3 Å². The van der Waals surface area contributed by atoms with Crippen LogP contribution in [0.15, 0.2) is 23.5 Å². The van der Waals surface area contributed by atoms with E-state index in [4.69, 9.17) is 4.74 Å². The lowest BCUT2D eigenvalue weighted by Gasteiger charge is -2.06. The fourth-order valence-corrected chi connectivity index (χ4v) is 2.10. The molecule has 0 aliphatic heterocycles. The van der Waals surface area contributed by atoms with Gasteiger partial charge >= 0.3 is 5.69 Å². The largest absolute Gasteiger partial charge is 0.494 e. The van der Waals surface area contributed by atoms with Crippen molar-refractivity contribution in [1.29, 1.82) is 0 Å². The molecule has 0 amide bonds. The zero-order valence-corrected chi connectivity index (χ0v) is 10.8. The van der Waals surface area contributed by atoms with Crippen molar-refractivity contribution in [3.8, 4) is 11.6 Å². The highest BCUT2D eigenvalue weighted by Gasteiger charge is 2.18. The standard InChI is InChI=1S/C12H11N5O3/c1-6(18)7-3-13-10-9(7)8(20-2)4-14-11(10)17-12(19)15-5-16-17/h3-5,13H,1-2H3,(H,15,16,19). The number of nitrogens with one attached hydrogen (secondary N) is 2. The van der Waals surface area contributed by atoms with E-state index >= 15 is 0 Å². The molecule has 0 aliphatic carbocycles. The van der Waals surface area contributed by atoms with Gasteiger partial charge < -0.3 is 9.72 Å². The van der Waals surface area contributed by atoms with E-state index in [0.717, 1.165) is 4.68 Å². The number of nitrogens with zero attached hydrogens (tertiary/aromatic N) is 3. The van der Waals surface area contributed by atoms with E-state index in [1.54, 1.807) is 6.20 Å². The first-order chi connectivity index (χ1) is 9.63. The van der Waals surface area contributed by atoms with Crippen LogP contribution in [0.3, 0.4) is 0 Å². The van der Waals surface area contributed by atoms with E-state index in [9.17, 15) is 9.59 Å². The number of Topliss-reactive ketones (excluding diaryl/α,β-unsaturated/α-hetero) is 1. The molecule has 0 radical (unpaired) electrons. The maximum atomic E-state index is 11.7. The first-order valence-corrected chi connectivity index (χ1v) is 5.81. The Morgan fingerprint density at radius 2 is 2.20 bits per heavy atom. The smallest absolute Gasteiger partial charge is 0.349 e. The zero-order valence-electron chi connectivity index (χ0n) is 10.8. The third kappa shape index (κ3) is 1.62. The minimum absolute atomic E-state index is 0.110. The van der Waals surface area contributed by atoms with Gasteiger partial charge in [0.1, 0.15) is 12.1 Å². The Morgan fingerprint density at radius 3 is 2.80 bits per heavy atom. The van der Waals surface area contributed by atoms with E-state index in [2.05, 4.69) is 20.1 Å². The van der Waals surface area contributed by atoms with Crippen LogP contribution in [0.2, 0.25) is 0 Å². The predicted molar refractivity (Wildman–Crippen MR) is 70.4 cm³/mol. The number of carbonyl (C=O) groups excluding carboxylic acids is 1. The van der Waals surface area contributed by atoms with Gasteiger partial charge in [-0.1, -0.05) is 0 Å². The number of carbonyl (C=O) groups is 1. The maximum absolute atomic E-state index is 11.7. The van der Waals surface area contributed by atoms with E-state index < -0.39 is 5.69 Å². The van der Waals surface area contributed by atoms with E-state index in [1.807, 2.05) is 0 Å². The van der Waals surface area contributed by atoms with Crippen LogP contribution in [-0.4, -0.2) is 37.6 Å². The number of ketones is 1. The molecule has 0 spiro atoms. The fraction of sp³-hybridized carbons (Fsp3) is 0.167. The summed E-state index contributed by atoms with van der Waals surface area (Å²) in [5, 5.41) is 4.47. The number of H-pyrrole nitrogens is 2. The summed E-state index contributed by atoms with van der Waals surface area (Å²) >= 11 is 0. The Bertz CT molecular complexity index is 857. The van der Waals surface area contributed by atoms with Gasteiger partial charge in [0.05, 0.1) is 24.2 Å². The van der Waals surface area contributed by atoms with Gasteiger partial charge in [0.2, 0.25) is 0 Å². The van der Waals surface area contributed by atoms with Gasteiger partial charge in [-0.05, 0) is 6.92 Å². The van der Waals surface area contributed by atoms with Crippen LogP contribution in [-0.2, 0) is 0 Å². The molecule has 0 unspecified atom stereocenters. The van der Waals surface area contributed by atoms with Gasteiger partial charge in [0.25, 0.3) is 0 Å². The number of methoxy groups -OCH3 is 1. The Labute approximate surface area is 112 Å². The number of aromatic amines is 2. The van der Waals surface area contributed by atoms with Crippen molar-refractivity contribution < 1.29 is 9.53 Å². The fourth-order valence-electron chi connectivity index (χ4n) is 2.10. The molecule has 3 aromatic rings. The van der Waals surface area contributed by atoms with Gasteiger partial charge in [-0.3, -0.25) is 9.78 Å². The van der Waals surface area contributed by atoms with Crippen molar-refractivity contribution in [3.63, 3.8) is 0 Å². The number of aromatic nitrogens is 5. The normalized spacial score (nSPS) is 10.9. The molecule has 0 atom stereocenters. The summed E-state index contributed by atoms with van der Waals surface area (Å²) in [6.45, 7) is 1.46. The molecule has 0 bridgehead atoms. The highest BCUT2D eigenvalue weighted by molar-refractivity contribution is 6.10. The van der Waals surface area contributed by atoms with E-state index in [-0.39, 0.29) is 5.78 Å². The van der Waals surface area contributed by atoms with Gasteiger partial charge in [0, 0.05) is 11.8 Å². The maximum Gasteiger partial charge on any atom is 0.349 e. The highest BCUT2D eigenvalue weighted by Crippen LogP contribution is 2.30. The summed E-state index contributed by atoms with van der Waals surface area (Å²) in [5.74, 6) is 0.652. The molecule has 0 aliphatic rings. The molecule has 0 saturated heterocycles. The summed E-state index contributed by atoms with van der Waals surface area (Å²) in [5.41, 5.74) is 0.579. The van der Waals surface area contributed by atoms with Crippen molar-refractivity contribution in [1.82, 2.24) is 24.7 Å². The van der Waals surface area contributed by atoms with Crippen LogP contribution in [0.25, 0.3) is 16.7 Å². The molecular formula is C12H11N5O3. The zero-order chi connectivity index (χ0) is 14.3. The molecule has 0 saturated carbocycles. The molecule has 2 N–H and O–H groups in total. The third-order valence-electron chi connectivity index (χ3n) is 3.01. The molecule has 3 rings (SSSR count). The molecule has 0 aromatic carbocycles. The minimum atomic E-state index is -0.414. The van der Waals surface area contributed by atoms with Crippen LogP contribution < -0.4 is 10.4 Å². The summed E-state index contributed by atoms with van der Waals surface area (Å²) in [6.07, 6.45) is 4.30. The second-order valence-electron chi connectivity index (χ2n) is 4.16. The van der Waals surface area contributed by atoms with Crippen molar-refractivity contribution in [2.45, 2.75) is 6.92 Å². The summed E-state index contributed by atoms with van der Waals surface area (Å²) < 4.78 is 6.34. The lowest BCUT2D eigenvalue weighted by atomic mass is 10.1. The van der Waals surface area contributed by atoms with Crippen LogP contribution in [0, 0.1) is 0 Å². The SMILES string of the molecule is COc1cnc(-n2nc[nH]c2=O)c2[nH]cc(C(C)=O)c12. The van der Waals surface area contributed by atoms with Crippen molar-refractivity contribution in [2.24, 2.45) is 0 Å². The van der Waals surface area contributed by atoms with Gasteiger partial charge in [-0.2, -0.15) is 9.78 Å². The van der Waals surface area contributed by atoms with Gasteiger partial charge in [-0.25, -0.2) is 9.78 Å². The Balaban J connectivity index is 2.40. The van der Waals surface area contributed by atoms with Gasteiger partial charge in [-0.15, -0.1) is 0 Å². The quantitative estimate of drug-likeness (QED) is 0.681. The Hall–Kier alpha value is -2.90. The lowest BCUT2D eigenvalue weighted by molar-refractivity contribution is 0.101. The number of hydrogen-bond donors (Lipinski definition) is 2. The molecule has 8 heteroatoms. The molecule has 3 heterocycles. The summed E-state index contributed by atoms with van der Waals surface area (Å²) in [7, 11) is 1.49. The van der Waals surface area contributed by atoms with Crippen LogP contribution in [0.5, 0.6) is 5.75 Å². The monoisotopic (exact) mass is 273 g/mol. The van der Waals surface area contributed by atoms with E-state index in [0.29, 0.717) is 28.0 Å². The summed E-state index contributed by atoms with van der Waals surface area (Å²) in [4.78, 5) is 32.9. The van der Waals surface area contributed by atoms with Crippen LogP contribution >= 0.6 is 0 Å². The predicted octanol–water partition coefficient (Wildman–Crippen LogP) is 0.648. The second-order valence-corrected chi connectivity index (χ2v) is 4.16. The minimum Gasteiger partial charge on any atom is -0.494 e. The number of ether oxygens (including phenoxy) is 1. The average molecular weight is 273 g/mol. The highest BCUT2D eigenvalue weighted by atomic mass is 16.5. The molecule has 102 valence electrons. The number of pyridine rings is 1. The first-order valence-electron chi connectivity index (χ1n) is 5.81. The second kappa shape index (κ2) is 4.34. The lowest BCUT2D eigenvalue weighted by Crippen LogP contribution is -2.17. The number of hydrogen-bond acceptors (Lipinski definition) is 5. The van der Waals surface area contributed by atoms with E-state index in [1.165, 1.54) is 26.6 Å². The van der Waals surface area contributed by atoms with Crippen LogP contribution in [0.4, 0.5) is 0 Å². The Kier molecular flexibility index (Phi) is 2.63. The number of rotatable bonds is 3. The molecule has 3 aromatic heterocycles. The average Bonchev–Trinajstić information content (AvgIpc) is 3.04. The summed E-state index contributed by atoms with van der Waals surface area (Å²) in [6, 6.07) is 0. The Morgan fingerprint density at radius 1 is 1.40 bits per heavy atom. The molecule has 8 nitrogen and oxygen atoms in total. The molecule has 20 heavy (non-hydrogen) atoms. The number of fused-ring (bicyclic) bond motifs is 1. The first kappa shape index (κ1) is 12.2. The molecular weight excluding hydrogens is 262 g/mol. The third-order valence-corrected chi connectivity index (χ3v) is 3.01.